The largest absolute Gasteiger partial charge is 0.465 e. The van der Waals surface area contributed by atoms with Crippen LogP contribution in [-0.2, 0) is 15.7 Å². The van der Waals surface area contributed by atoms with Crippen LogP contribution in [0, 0.1) is 0 Å². The molecule has 0 saturated carbocycles. The lowest BCUT2D eigenvalue weighted by molar-refractivity contribution is -0.189. The molecule has 1 aromatic carbocycles. The molecule has 0 aliphatic rings. The van der Waals surface area contributed by atoms with Gasteiger partial charge in [0.05, 0.1) is 12.7 Å². The Bertz CT molecular complexity index is 490. The van der Waals surface area contributed by atoms with Crippen molar-refractivity contribution in [2.24, 2.45) is 0 Å². The number of ether oxygens (including phenoxy) is 1. The second-order valence-electron chi connectivity index (χ2n) is 3.57. The zero-order valence-electron chi connectivity index (χ0n) is 9.56. The van der Waals surface area contributed by atoms with E-state index in [1.165, 1.54) is 0 Å². The van der Waals surface area contributed by atoms with E-state index in [-0.39, 0.29) is 0 Å². The Morgan fingerprint density at radius 1 is 1.11 bits per heavy atom. The average molecular weight is 278 g/mol. The molecule has 0 radical (unpaired) electrons. The van der Waals surface area contributed by atoms with Crippen molar-refractivity contribution in [3.8, 4) is 0 Å². The van der Waals surface area contributed by atoms with Crippen LogP contribution in [0.4, 0.5) is 13.2 Å². The highest BCUT2D eigenvalue weighted by Gasteiger charge is 2.44. The summed E-state index contributed by atoms with van der Waals surface area (Å²) in [7, 11) is 0.823. The van der Waals surface area contributed by atoms with E-state index in [0.29, 0.717) is 12.1 Å². The third kappa shape index (κ3) is 3.09. The van der Waals surface area contributed by atoms with Gasteiger partial charge in [0.15, 0.2) is 0 Å². The summed E-state index contributed by atoms with van der Waals surface area (Å²) in [5, 5.41) is 18.5. The lowest BCUT2D eigenvalue weighted by Gasteiger charge is -2.17. The second-order valence-corrected chi connectivity index (χ2v) is 3.57. The van der Waals surface area contributed by atoms with Gasteiger partial charge >= 0.3 is 17.9 Å². The summed E-state index contributed by atoms with van der Waals surface area (Å²) in [6.07, 6.45) is -4.58. The molecule has 0 spiro atoms. The zero-order valence-corrected chi connectivity index (χ0v) is 9.56. The van der Waals surface area contributed by atoms with Gasteiger partial charge in [0.1, 0.15) is 0 Å². The first-order valence-corrected chi connectivity index (χ1v) is 4.86. The highest BCUT2D eigenvalue weighted by molar-refractivity contribution is 6.13. The minimum Gasteiger partial charge on any atom is -0.465 e. The molecule has 0 bridgehead atoms. The molecule has 1 rings (SSSR count). The van der Waals surface area contributed by atoms with Gasteiger partial charge in [0.25, 0.3) is 0 Å². The van der Waals surface area contributed by atoms with E-state index in [9.17, 15) is 33.0 Å². The van der Waals surface area contributed by atoms with Gasteiger partial charge in [-0.25, -0.2) is 4.79 Å². The molecule has 0 aromatic heterocycles. The van der Waals surface area contributed by atoms with Crippen LogP contribution < -0.4 is 0 Å². The molecule has 5 nitrogen and oxygen atoms in total. The summed E-state index contributed by atoms with van der Waals surface area (Å²) in [5.74, 6) is -6.54. The minimum absolute atomic E-state index is 0.469. The summed E-state index contributed by atoms with van der Waals surface area (Å²) < 4.78 is 40.8. The molecule has 0 unspecified atom stereocenters. The summed E-state index contributed by atoms with van der Waals surface area (Å²) in [6, 6.07) is 2.63. The van der Waals surface area contributed by atoms with Crippen LogP contribution in [0.5, 0.6) is 0 Å². The van der Waals surface area contributed by atoms with Crippen molar-refractivity contribution in [3.63, 3.8) is 0 Å². The average Bonchev–Trinajstić information content (AvgIpc) is 2.35. The van der Waals surface area contributed by atoms with Crippen molar-refractivity contribution in [2.75, 3.05) is 7.11 Å². The van der Waals surface area contributed by atoms with Gasteiger partial charge in [-0.15, -0.1) is 0 Å². The van der Waals surface area contributed by atoms with Crippen molar-refractivity contribution in [3.05, 3.63) is 35.4 Å². The van der Waals surface area contributed by atoms with Crippen molar-refractivity contribution < 1.29 is 37.7 Å². The van der Waals surface area contributed by atoms with E-state index in [1.807, 2.05) is 0 Å². The highest BCUT2D eigenvalue weighted by atomic mass is 19.4. The van der Waals surface area contributed by atoms with Gasteiger partial charge in [-0.1, -0.05) is 12.1 Å². The summed E-state index contributed by atoms with van der Waals surface area (Å²) in [4.78, 5) is 22.5. The fourth-order valence-electron chi connectivity index (χ4n) is 1.25. The number of ketones is 1. The fraction of sp³-hybridized carbons (Fsp3) is 0.273. The summed E-state index contributed by atoms with van der Waals surface area (Å²) >= 11 is 0. The quantitative estimate of drug-likeness (QED) is 0.369. The van der Waals surface area contributed by atoms with Crippen molar-refractivity contribution in [1.29, 1.82) is 0 Å². The third-order valence-electron chi connectivity index (χ3n) is 2.26. The second kappa shape index (κ2) is 4.98. The normalized spacial score (nSPS) is 12.1. The molecular weight excluding hydrogens is 269 g/mol. The first-order chi connectivity index (χ1) is 8.60. The Morgan fingerprint density at radius 3 is 1.95 bits per heavy atom. The topological polar surface area (TPSA) is 83.8 Å². The third-order valence-corrected chi connectivity index (χ3v) is 2.26. The Balaban J connectivity index is 3.06. The van der Waals surface area contributed by atoms with E-state index in [4.69, 9.17) is 0 Å². The van der Waals surface area contributed by atoms with Crippen LogP contribution in [0.1, 0.15) is 15.9 Å². The van der Waals surface area contributed by atoms with Crippen LogP contribution in [0.2, 0.25) is 0 Å². The fourth-order valence-corrected chi connectivity index (χ4v) is 1.25. The number of carbonyl (C=O) groups excluding carboxylic acids is 2. The Labute approximate surface area is 105 Å². The molecule has 19 heavy (non-hydrogen) atoms. The first kappa shape index (κ1) is 15.1. The minimum atomic E-state index is -4.58. The highest BCUT2D eigenvalue weighted by Crippen LogP contribution is 2.29. The number of aliphatic hydroxyl groups is 2. The molecule has 8 heteroatoms. The molecule has 0 atom stereocenters. The smallest absolute Gasteiger partial charge is 0.416 e. The van der Waals surface area contributed by atoms with Crippen molar-refractivity contribution >= 4 is 11.8 Å². The predicted octanol–water partition coefficient (Wildman–Crippen LogP) is 0.742. The Morgan fingerprint density at radius 2 is 1.58 bits per heavy atom. The standard InChI is InChI=1S/C11H9F3O5/c1-19-9(16)10(17,18)8(15)6-2-4-7(5-3-6)11(12,13)14/h2-5,17-18H,1H3. The Hall–Kier alpha value is -1.93. The lowest BCUT2D eigenvalue weighted by atomic mass is 10.0. The molecule has 0 amide bonds. The van der Waals surface area contributed by atoms with Gasteiger partial charge < -0.3 is 14.9 Å². The predicted molar refractivity (Wildman–Crippen MR) is 55.0 cm³/mol. The SMILES string of the molecule is COC(=O)C(O)(O)C(=O)c1ccc(C(F)(F)F)cc1. The molecule has 2 N–H and O–H groups in total. The number of Topliss-reactive ketones (excluding diaryl/α,β-unsaturated/α-hetero) is 1. The first-order valence-electron chi connectivity index (χ1n) is 4.86. The molecule has 0 fully saturated rings. The van der Waals surface area contributed by atoms with Gasteiger partial charge in [0, 0.05) is 5.56 Å². The van der Waals surface area contributed by atoms with E-state index in [0.717, 1.165) is 19.2 Å². The molecule has 0 saturated heterocycles. The van der Waals surface area contributed by atoms with Crippen LogP contribution >= 0.6 is 0 Å². The molecule has 0 heterocycles. The van der Waals surface area contributed by atoms with Crippen LogP contribution in [0.25, 0.3) is 0 Å². The summed E-state index contributed by atoms with van der Waals surface area (Å²) in [5.41, 5.74) is -1.48. The number of halogens is 3. The van der Waals surface area contributed by atoms with Gasteiger partial charge in [-0.2, -0.15) is 13.2 Å². The monoisotopic (exact) mass is 278 g/mol. The molecule has 1 aromatic rings. The summed E-state index contributed by atoms with van der Waals surface area (Å²) in [6.45, 7) is 0. The van der Waals surface area contributed by atoms with E-state index in [2.05, 4.69) is 4.74 Å². The number of hydrogen-bond acceptors (Lipinski definition) is 5. The van der Waals surface area contributed by atoms with Crippen molar-refractivity contribution in [1.82, 2.24) is 0 Å². The molecular formula is C11H9F3O5. The number of alkyl halides is 3. The van der Waals surface area contributed by atoms with Gasteiger partial charge in [0.2, 0.25) is 5.78 Å². The maximum absolute atomic E-state index is 12.3. The number of carbonyl (C=O) groups is 2. The zero-order chi connectivity index (χ0) is 14.8. The Kier molecular flexibility index (Phi) is 3.97. The van der Waals surface area contributed by atoms with Gasteiger partial charge in [-0.05, 0) is 12.1 Å². The molecule has 104 valence electrons. The molecule has 0 aliphatic carbocycles. The van der Waals surface area contributed by atoms with Crippen LogP contribution in [0.3, 0.4) is 0 Å². The maximum atomic E-state index is 12.3. The van der Waals surface area contributed by atoms with E-state index in [1.54, 1.807) is 0 Å². The lowest BCUT2D eigenvalue weighted by Crippen LogP contribution is -2.47. The van der Waals surface area contributed by atoms with Crippen LogP contribution in [0.15, 0.2) is 24.3 Å². The number of hydrogen-bond donors (Lipinski definition) is 2. The number of esters is 1. The van der Waals surface area contributed by atoms with E-state index >= 15 is 0 Å². The number of benzene rings is 1. The molecule has 0 aliphatic heterocycles. The maximum Gasteiger partial charge on any atom is 0.416 e. The van der Waals surface area contributed by atoms with Gasteiger partial charge in [-0.3, -0.25) is 4.79 Å². The van der Waals surface area contributed by atoms with Crippen molar-refractivity contribution in [2.45, 2.75) is 12.0 Å². The van der Waals surface area contributed by atoms with Crippen LogP contribution in [-0.4, -0.2) is 34.9 Å². The number of methoxy groups -OCH3 is 1. The number of rotatable bonds is 3. The van der Waals surface area contributed by atoms with E-state index < -0.39 is 34.8 Å².